The van der Waals surface area contributed by atoms with Crippen LogP contribution in [0.2, 0.25) is 0 Å². The molecule has 28 heavy (non-hydrogen) atoms. The quantitative estimate of drug-likeness (QED) is 0.635. The van der Waals surface area contributed by atoms with E-state index in [2.05, 4.69) is 41.5 Å². The lowest BCUT2D eigenvalue weighted by Gasteiger charge is -2.14. The Kier molecular flexibility index (Phi) is 5.38. The summed E-state index contributed by atoms with van der Waals surface area (Å²) in [5.74, 6) is 1.81. The van der Waals surface area contributed by atoms with Crippen molar-refractivity contribution in [3.63, 3.8) is 0 Å². The van der Waals surface area contributed by atoms with Crippen LogP contribution < -0.4 is 10.1 Å². The summed E-state index contributed by atoms with van der Waals surface area (Å²) in [4.78, 5) is 16.3. The first-order valence-electron chi connectivity index (χ1n) is 9.76. The van der Waals surface area contributed by atoms with E-state index in [9.17, 15) is 4.79 Å². The number of hydrogen-bond acceptors (Lipinski definition) is 3. The van der Waals surface area contributed by atoms with Gasteiger partial charge in [-0.3, -0.25) is 4.79 Å². The number of amides is 1. The van der Waals surface area contributed by atoms with E-state index in [4.69, 9.17) is 4.74 Å². The Morgan fingerprint density at radius 3 is 2.39 bits per heavy atom. The van der Waals surface area contributed by atoms with Gasteiger partial charge >= 0.3 is 0 Å². The minimum absolute atomic E-state index is 0.148. The molecule has 4 rings (SSSR count). The van der Waals surface area contributed by atoms with E-state index in [-0.39, 0.29) is 17.9 Å². The first-order chi connectivity index (χ1) is 13.7. The number of benzene rings is 2. The average Bonchev–Trinajstić information content (AvgIpc) is 3.55. The fourth-order valence-electron chi connectivity index (χ4n) is 3.16. The Bertz CT molecular complexity index is 917. The van der Waals surface area contributed by atoms with Crippen LogP contribution in [0.3, 0.4) is 0 Å². The van der Waals surface area contributed by atoms with Crippen LogP contribution in [0.1, 0.15) is 25.3 Å². The fourth-order valence-corrected chi connectivity index (χ4v) is 3.16. The van der Waals surface area contributed by atoms with Crippen LogP contribution in [0.25, 0.3) is 11.1 Å². The second kappa shape index (κ2) is 8.26. The Morgan fingerprint density at radius 2 is 1.75 bits per heavy atom. The van der Waals surface area contributed by atoms with E-state index in [1.165, 1.54) is 5.56 Å². The van der Waals surface area contributed by atoms with Gasteiger partial charge in [0.2, 0.25) is 11.8 Å². The zero-order chi connectivity index (χ0) is 19.3. The van der Waals surface area contributed by atoms with Gasteiger partial charge in [-0.1, -0.05) is 42.5 Å². The highest BCUT2D eigenvalue weighted by molar-refractivity contribution is 5.81. The molecule has 1 aliphatic rings. The SMILES string of the molecule is CC(Cc1ccc(-c2ccc(Oc3ccccc3)nc2)cc1)NC(=O)C1CC1. The molecule has 0 aliphatic heterocycles. The standard InChI is InChI=1S/C24H24N2O2/c1-17(26-24(27)20-11-12-20)15-18-7-9-19(10-8-18)21-13-14-23(25-16-21)28-22-5-3-2-4-6-22/h2-10,13-14,16-17,20H,11-12,15H2,1H3,(H,26,27). The van der Waals surface area contributed by atoms with Crippen molar-refractivity contribution < 1.29 is 9.53 Å². The highest BCUT2D eigenvalue weighted by Crippen LogP contribution is 2.29. The summed E-state index contributed by atoms with van der Waals surface area (Å²) >= 11 is 0. The predicted molar refractivity (Wildman–Crippen MR) is 110 cm³/mol. The molecule has 0 radical (unpaired) electrons. The lowest BCUT2D eigenvalue weighted by atomic mass is 10.0. The molecule has 0 spiro atoms. The zero-order valence-corrected chi connectivity index (χ0v) is 16.0. The van der Waals surface area contributed by atoms with Crippen molar-refractivity contribution in [3.8, 4) is 22.8 Å². The van der Waals surface area contributed by atoms with Gasteiger partial charge in [-0.15, -0.1) is 0 Å². The Balaban J connectivity index is 1.36. The lowest BCUT2D eigenvalue weighted by molar-refractivity contribution is -0.122. The third-order valence-electron chi connectivity index (χ3n) is 4.87. The van der Waals surface area contributed by atoms with Gasteiger partial charge in [-0.25, -0.2) is 4.98 Å². The number of nitrogens with one attached hydrogen (secondary N) is 1. The van der Waals surface area contributed by atoms with E-state index in [1.807, 2.05) is 48.7 Å². The summed E-state index contributed by atoms with van der Waals surface area (Å²) in [5, 5.41) is 3.10. The molecular formula is C24H24N2O2. The molecule has 1 unspecified atom stereocenters. The van der Waals surface area contributed by atoms with Gasteiger partial charge in [-0.05, 0) is 55.5 Å². The molecule has 0 saturated heterocycles. The smallest absolute Gasteiger partial charge is 0.223 e. The first-order valence-corrected chi connectivity index (χ1v) is 9.76. The number of aromatic nitrogens is 1. The minimum Gasteiger partial charge on any atom is -0.439 e. The highest BCUT2D eigenvalue weighted by Gasteiger charge is 2.30. The molecule has 1 aromatic heterocycles. The molecule has 0 bridgehead atoms. The van der Waals surface area contributed by atoms with Gasteiger partial charge in [0.25, 0.3) is 0 Å². The normalized spacial score (nSPS) is 14.3. The lowest BCUT2D eigenvalue weighted by Crippen LogP contribution is -2.35. The van der Waals surface area contributed by atoms with Crippen molar-refractivity contribution in [2.24, 2.45) is 5.92 Å². The molecule has 1 saturated carbocycles. The van der Waals surface area contributed by atoms with Crippen LogP contribution in [0.15, 0.2) is 72.9 Å². The predicted octanol–water partition coefficient (Wildman–Crippen LogP) is 5.00. The summed E-state index contributed by atoms with van der Waals surface area (Å²) in [7, 11) is 0. The Labute approximate surface area is 165 Å². The number of hydrogen-bond donors (Lipinski definition) is 1. The summed E-state index contributed by atoms with van der Waals surface area (Å²) in [6.07, 6.45) is 4.74. The van der Waals surface area contributed by atoms with Crippen molar-refractivity contribution in [2.45, 2.75) is 32.2 Å². The number of carbonyl (C=O) groups is 1. The van der Waals surface area contributed by atoms with Crippen molar-refractivity contribution in [1.82, 2.24) is 10.3 Å². The van der Waals surface area contributed by atoms with E-state index >= 15 is 0 Å². The highest BCUT2D eigenvalue weighted by atomic mass is 16.5. The van der Waals surface area contributed by atoms with Crippen molar-refractivity contribution in [3.05, 3.63) is 78.5 Å². The van der Waals surface area contributed by atoms with Gasteiger partial charge in [0.15, 0.2) is 0 Å². The summed E-state index contributed by atoms with van der Waals surface area (Å²) in [6.45, 7) is 2.06. The van der Waals surface area contributed by atoms with Crippen molar-refractivity contribution >= 4 is 5.91 Å². The molecule has 3 aromatic rings. The second-order valence-electron chi connectivity index (χ2n) is 7.39. The average molecular weight is 372 g/mol. The summed E-state index contributed by atoms with van der Waals surface area (Å²) in [6, 6.07) is 22.1. The molecule has 142 valence electrons. The second-order valence-corrected chi connectivity index (χ2v) is 7.39. The molecule has 1 N–H and O–H groups in total. The van der Waals surface area contributed by atoms with Crippen LogP contribution in [-0.2, 0) is 11.2 Å². The largest absolute Gasteiger partial charge is 0.439 e. The van der Waals surface area contributed by atoms with E-state index in [0.29, 0.717) is 5.88 Å². The van der Waals surface area contributed by atoms with Crippen LogP contribution in [0.4, 0.5) is 0 Å². The molecule has 1 amide bonds. The van der Waals surface area contributed by atoms with Gasteiger partial charge in [0.05, 0.1) is 0 Å². The van der Waals surface area contributed by atoms with Crippen LogP contribution >= 0.6 is 0 Å². The summed E-state index contributed by atoms with van der Waals surface area (Å²) < 4.78 is 5.74. The van der Waals surface area contributed by atoms with Gasteiger partial charge in [0, 0.05) is 29.8 Å². The topological polar surface area (TPSA) is 51.2 Å². The van der Waals surface area contributed by atoms with E-state index in [1.54, 1.807) is 0 Å². The van der Waals surface area contributed by atoms with Gasteiger partial charge < -0.3 is 10.1 Å². The number of rotatable bonds is 7. The maximum absolute atomic E-state index is 11.9. The van der Waals surface area contributed by atoms with Gasteiger partial charge in [-0.2, -0.15) is 0 Å². The Morgan fingerprint density at radius 1 is 1.04 bits per heavy atom. The van der Waals surface area contributed by atoms with Crippen molar-refractivity contribution in [2.75, 3.05) is 0 Å². The number of ether oxygens (including phenoxy) is 1. The molecule has 1 atom stereocenters. The zero-order valence-electron chi connectivity index (χ0n) is 16.0. The molecule has 4 heteroatoms. The maximum atomic E-state index is 11.9. The third kappa shape index (κ3) is 4.77. The van der Waals surface area contributed by atoms with Gasteiger partial charge in [0.1, 0.15) is 5.75 Å². The molecule has 2 aromatic carbocycles. The van der Waals surface area contributed by atoms with E-state index in [0.717, 1.165) is 36.1 Å². The first kappa shape index (κ1) is 18.2. The summed E-state index contributed by atoms with van der Waals surface area (Å²) in [5.41, 5.74) is 3.36. The molecular weight excluding hydrogens is 348 g/mol. The molecule has 1 aliphatic carbocycles. The minimum atomic E-state index is 0.148. The molecule has 4 nitrogen and oxygen atoms in total. The maximum Gasteiger partial charge on any atom is 0.223 e. The van der Waals surface area contributed by atoms with Crippen LogP contribution in [0, 0.1) is 5.92 Å². The van der Waals surface area contributed by atoms with E-state index < -0.39 is 0 Å². The molecule has 1 fully saturated rings. The fraction of sp³-hybridized carbons (Fsp3) is 0.250. The number of nitrogens with zero attached hydrogens (tertiary/aromatic N) is 1. The van der Waals surface area contributed by atoms with Crippen LogP contribution in [0.5, 0.6) is 11.6 Å². The Hall–Kier alpha value is -3.14. The monoisotopic (exact) mass is 372 g/mol. The van der Waals surface area contributed by atoms with Crippen molar-refractivity contribution in [1.29, 1.82) is 0 Å². The molecule has 1 heterocycles. The number of carbonyl (C=O) groups excluding carboxylic acids is 1. The van der Waals surface area contributed by atoms with Crippen LogP contribution in [-0.4, -0.2) is 16.9 Å². The number of pyridine rings is 1. The number of para-hydroxylation sites is 1. The third-order valence-corrected chi connectivity index (χ3v) is 4.87.